The molecular weight excluding hydrogens is 370 g/mol. The molecule has 1 aliphatic heterocycles. The van der Waals surface area contributed by atoms with Crippen molar-refractivity contribution in [3.8, 4) is 0 Å². The highest BCUT2D eigenvalue weighted by molar-refractivity contribution is 7.89. The Morgan fingerprint density at radius 3 is 1.96 bits per heavy atom. The molecule has 0 bridgehead atoms. The van der Waals surface area contributed by atoms with Gasteiger partial charge in [-0.05, 0) is 49.9 Å². The van der Waals surface area contributed by atoms with Crippen LogP contribution in [0, 0.1) is 13.8 Å². The molecule has 0 radical (unpaired) electrons. The average Bonchev–Trinajstić information content (AvgIpc) is 2.98. The number of sulfonamides is 1. The SMILES string of the molecule is Cc1ccc(C2CC(C[Si](C)(C)C)N(S(=O)(=O)c3ccc(C)cc3)C2)cc1. The van der Waals surface area contributed by atoms with Crippen molar-refractivity contribution in [3.05, 3.63) is 65.2 Å². The Morgan fingerprint density at radius 1 is 0.926 bits per heavy atom. The van der Waals surface area contributed by atoms with Crippen LogP contribution >= 0.6 is 0 Å². The Hall–Kier alpha value is -1.43. The van der Waals surface area contributed by atoms with Gasteiger partial charge in [0, 0.05) is 20.7 Å². The van der Waals surface area contributed by atoms with E-state index in [4.69, 9.17) is 0 Å². The van der Waals surface area contributed by atoms with Gasteiger partial charge in [0.2, 0.25) is 10.0 Å². The van der Waals surface area contributed by atoms with Crippen LogP contribution in [0.4, 0.5) is 0 Å². The monoisotopic (exact) mass is 401 g/mol. The van der Waals surface area contributed by atoms with Gasteiger partial charge in [0.05, 0.1) is 4.90 Å². The molecule has 0 aliphatic carbocycles. The molecular formula is C22H31NO2SSi. The van der Waals surface area contributed by atoms with Gasteiger partial charge in [-0.15, -0.1) is 0 Å². The first-order valence-corrected chi connectivity index (χ1v) is 14.9. The van der Waals surface area contributed by atoms with Crippen molar-refractivity contribution in [2.45, 2.75) is 62.8 Å². The third-order valence-electron chi connectivity index (χ3n) is 5.39. The fraction of sp³-hybridized carbons (Fsp3) is 0.455. The fourth-order valence-electron chi connectivity index (χ4n) is 4.00. The van der Waals surface area contributed by atoms with Gasteiger partial charge >= 0.3 is 0 Å². The molecule has 1 fully saturated rings. The van der Waals surface area contributed by atoms with Gasteiger partial charge in [-0.25, -0.2) is 8.42 Å². The lowest BCUT2D eigenvalue weighted by Crippen LogP contribution is -2.40. The van der Waals surface area contributed by atoms with E-state index in [9.17, 15) is 8.42 Å². The minimum atomic E-state index is -3.47. The van der Waals surface area contributed by atoms with E-state index in [1.807, 2.05) is 19.1 Å². The van der Waals surface area contributed by atoms with Crippen molar-refractivity contribution in [1.29, 1.82) is 0 Å². The number of nitrogens with zero attached hydrogens (tertiary/aromatic N) is 1. The maximum atomic E-state index is 13.4. The summed E-state index contributed by atoms with van der Waals surface area (Å²) in [6.45, 7) is 11.6. The summed E-state index contributed by atoms with van der Waals surface area (Å²) in [6, 6.07) is 16.9. The van der Waals surface area contributed by atoms with E-state index < -0.39 is 18.1 Å². The third kappa shape index (κ3) is 4.70. The molecule has 0 saturated carbocycles. The first kappa shape index (κ1) is 20.3. The highest BCUT2D eigenvalue weighted by Gasteiger charge is 2.42. The maximum absolute atomic E-state index is 13.4. The van der Waals surface area contributed by atoms with Gasteiger partial charge in [-0.1, -0.05) is 67.2 Å². The number of hydrogen-bond acceptors (Lipinski definition) is 2. The van der Waals surface area contributed by atoms with Crippen LogP contribution in [0.2, 0.25) is 25.7 Å². The van der Waals surface area contributed by atoms with Crippen molar-refractivity contribution in [1.82, 2.24) is 4.31 Å². The van der Waals surface area contributed by atoms with Crippen LogP contribution in [0.3, 0.4) is 0 Å². The second kappa shape index (κ2) is 7.53. The molecule has 2 unspecified atom stereocenters. The van der Waals surface area contributed by atoms with E-state index in [1.165, 1.54) is 11.1 Å². The molecule has 27 heavy (non-hydrogen) atoms. The Labute approximate surface area is 165 Å². The van der Waals surface area contributed by atoms with E-state index in [0.717, 1.165) is 18.0 Å². The molecule has 0 N–H and O–H groups in total. The molecule has 2 aromatic rings. The molecule has 0 spiro atoms. The minimum Gasteiger partial charge on any atom is -0.207 e. The van der Waals surface area contributed by atoms with Crippen molar-refractivity contribution in [2.75, 3.05) is 6.54 Å². The van der Waals surface area contributed by atoms with E-state index in [1.54, 1.807) is 16.4 Å². The molecule has 1 saturated heterocycles. The second-order valence-corrected chi connectivity index (χ2v) is 16.6. The fourth-order valence-corrected chi connectivity index (χ4v) is 7.61. The lowest BCUT2D eigenvalue weighted by atomic mass is 9.96. The molecule has 0 aromatic heterocycles. The Kier molecular flexibility index (Phi) is 5.66. The summed E-state index contributed by atoms with van der Waals surface area (Å²) < 4.78 is 28.6. The number of hydrogen-bond donors (Lipinski definition) is 0. The van der Waals surface area contributed by atoms with E-state index in [-0.39, 0.29) is 12.0 Å². The van der Waals surface area contributed by atoms with Crippen LogP contribution in [0.1, 0.15) is 29.0 Å². The third-order valence-corrected chi connectivity index (χ3v) is 9.02. The summed E-state index contributed by atoms with van der Waals surface area (Å²) in [7, 11) is -4.87. The molecule has 5 heteroatoms. The van der Waals surface area contributed by atoms with Crippen molar-refractivity contribution in [2.24, 2.45) is 0 Å². The first-order chi connectivity index (χ1) is 12.6. The molecule has 1 heterocycles. The number of aryl methyl sites for hydroxylation is 2. The van der Waals surface area contributed by atoms with Crippen LogP contribution in [0.15, 0.2) is 53.4 Å². The topological polar surface area (TPSA) is 37.4 Å². The van der Waals surface area contributed by atoms with E-state index in [0.29, 0.717) is 11.4 Å². The zero-order valence-electron chi connectivity index (χ0n) is 17.1. The Morgan fingerprint density at radius 2 is 1.44 bits per heavy atom. The van der Waals surface area contributed by atoms with Gasteiger partial charge in [-0.2, -0.15) is 4.31 Å². The van der Waals surface area contributed by atoms with Gasteiger partial charge in [0.1, 0.15) is 0 Å². The number of benzene rings is 2. The van der Waals surface area contributed by atoms with Gasteiger partial charge in [0.25, 0.3) is 0 Å². The van der Waals surface area contributed by atoms with Crippen molar-refractivity contribution < 1.29 is 8.42 Å². The van der Waals surface area contributed by atoms with E-state index in [2.05, 4.69) is 50.8 Å². The minimum absolute atomic E-state index is 0.0919. The normalized spacial score (nSPS) is 21.5. The lowest BCUT2D eigenvalue weighted by molar-refractivity contribution is 0.405. The lowest BCUT2D eigenvalue weighted by Gasteiger charge is -2.28. The Balaban J connectivity index is 1.94. The second-order valence-electron chi connectivity index (χ2n) is 9.15. The smallest absolute Gasteiger partial charge is 0.207 e. The molecule has 146 valence electrons. The summed E-state index contributed by atoms with van der Waals surface area (Å²) in [5.41, 5.74) is 3.56. The van der Waals surface area contributed by atoms with Gasteiger partial charge in [-0.3, -0.25) is 0 Å². The van der Waals surface area contributed by atoms with Crippen molar-refractivity contribution >= 4 is 18.1 Å². The van der Waals surface area contributed by atoms with Crippen LogP contribution in [0.25, 0.3) is 0 Å². The highest BCUT2D eigenvalue weighted by Crippen LogP contribution is 2.39. The number of rotatable bonds is 5. The van der Waals surface area contributed by atoms with Crippen LogP contribution in [-0.2, 0) is 10.0 Å². The molecule has 2 atom stereocenters. The first-order valence-electron chi connectivity index (χ1n) is 9.71. The summed E-state index contributed by atoms with van der Waals surface area (Å²) in [5.74, 6) is 0.271. The Bertz CT molecular complexity index is 883. The molecule has 0 amide bonds. The predicted molar refractivity (Wildman–Crippen MR) is 116 cm³/mol. The predicted octanol–water partition coefficient (Wildman–Crippen LogP) is 5.19. The molecule has 3 rings (SSSR count). The van der Waals surface area contributed by atoms with Crippen LogP contribution in [-0.4, -0.2) is 33.4 Å². The van der Waals surface area contributed by atoms with Gasteiger partial charge < -0.3 is 0 Å². The standard InChI is InChI=1S/C22H31NO2SSi/c1-17-6-10-19(11-7-17)20-14-21(16-27(3,4)5)23(15-20)26(24,25)22-12-8-18(2)9-13-22/h6-13,20-21H,14-16H2,1-5H3. The zero-order valence-corrected chi connectivity index (χ0v) is 18.9. The summed E-state index contributed by atoms with van der Waals surface area (Å²) >= 11 is 0. The average molecular weight is 402 g/mol. The van der Waals surface area contributed by atoms with Gasteiger partial charge in [0.15, 0.2) is 0 Å². The van der Waals surface area contributed by atoms with Crippen LogP contribution in [0.5, 0.6) is 0 Å². The molecule has 3 nitrogen and oxygen atoms in total. The summed E-state index contributed by atoms with van der Waals surface area (Å²) in [5, 5.41) is 0. The quantitative estimate of drug-likeness (QED) is 0.647. The van der Waals surface area contributed by atoms with Crippen LogP contribution < -0.4 is 0 Å². The maximum Gasteiger partial charge on any atom is 0.243 e. The van der Waals surface area contributed by atoms with E-state index >= 15 is 0 Å². The summed E-state index contributed by atoms with van der Waals surface area (Å²) in [6.07, 6.45) is 0.915. The highest BCUT2D eigenvalue weighted by atomic mass is 32.2. The largest absolute Gasteiger partial charge is 0.243 e. The summed E-state index contributed by atoms with van der Waals surface area (Å²) in [4.78, 5) is 0.415. The zero-order chi connectivity index (χ0) is 19.8. The molecule has 1 aliphatic rings. The molecule has 2 aromatic carbocycles. The van der Waals surface area contributed by atoms with Crippen molar-refractivity contribution in [3.63, 3.8) is 0 Å².